The van der Waals surface area contributed by atoms with Gasteiger partial charge in [0.15, 0.2) is 5.95 Å². The normalized spacial score (nSPS) is 13.3. The van der Waals surface area contributed by atoms with Gasteiger partial charge in [-0.25, -0.2) is 4.98 Å². The molecule has 5 nitrogen and oxygen atoms in total. The molecule has 5 heteroatoms. The third-order valence-corrected chi connectivity index (χ3v) is 2.72. The van der Waals surface area contributed by atoms with Crippen LogP contribution in [0.3, 0.4) is 0 Å². The Balaban J connectivity index is 2.59. The standard InChI is InChI=1S/C11H22N4O/c1-5-14(3)7-10(16-4)8-15-6-9(2)13-11(15)12/h6,10H,5,7-8H2,1-4H3,(H2,12,13). The molecule has 0 radical (unpaired) electrons. The summed E-state index contributed by atoms with van der Waals surface area (Å²) in [5.41, 5.74) is 6.73. The first-order valence-electron chi connectivity index (χ1n) is 5.57. The second-order valence-corrected chi connectivity index (χ2v) is 4.11. The van der Waals surface area contributed by atoms with Gasteiger partial charge in [0.1, 0.15) is 0 Å². The van der Waals surface area contributed by atoms with Crippen molar-refractivity contribution in [1.29, 1.82) is 0 Å². The lowest BCUT2D eigenvalue weighted by Crippen LogP contribution is -2.33. The SMILES string of the molecule is CCN(C)CC(Cn1cc(C)nc1N)OC. The number of ether oxygens (including phenoxy) is 1. The van der Waals surface area contributed by atoms with Crippen LogP contribution in [0.5, 0.6) is 0 Å². The van der Waals surface area contributed by atoms with Crippen LogP contribution in [-0.2, 0) is 11.3 Å². The molecule has 0 aromatic carbocycles. The number of aryl methyl sites for hydroxylation is 1. The average molecular weight is 226 g/mol. The molecule has 0 saturated carbocycles. The van der Waals surface area contributed by atoms with Gasteiger partial charge in [0.2, 0.25) is 0 Å². The number of hydrogen-bond donors (Lipinski definition) is 1. The molecule has 0 fully saturated rings. The van der Waals surface area contributed by atoms with Crippen molar-refractivity contribution in [2.75, 3.05) is 33.0 Å². The molecule has 1 unspecified atom stereocenters. The van der Waals surface area contributed by atoms with E-state index in [4.69, 9.17) is 10.5 Å². The molecule has 2 N–H and O–H groups in total. The Morgan fingerprint density at radius 3 is 2.75 bits per heavy atom. The van der Waals surface area contributed by atoms with Crippen LogP contribution in [0.25, 0.3) is 0 Å². The number of likely N-dealkylation sites (N-methyl/N-ethyl adjacent to an activating group) is 1. The van der Waals surface area contributed by atoms with Crippen LogP contribution < -0.4 is 5.73 Å². The summed E-state index contributed by atoms with van der Waals surface area (Å²) >= 11 is 0. The van der Waals surface area contributed by atoms with Gasteiger partial charge in [0, 0.05) is 19.9 Å². The highest BCUT2D eigenvalue weighted by molar-refractivity contribution is 5.21. The second-order valence-electron chi connectivity index (χ2n) is 4.11. The van der Waals surface area contributed by atoms with Crippen LogP contribution in [0.1, 0.15) is 12.6 Å². The summed E-state index contributed by atoms with van der Waals surface area (Å²) in [5, 5.41) is 0. The van der Waals surface area contributed by atoms with Crippen LogP contribution in [0.4, 0.5) is 5.95 Å². The number of nitrogens with two attached hydrogens (primary N) is 1. The monoisotopic (exact) mass is 226 g/mol. The molecule has 1 atom stereocenters. The zero-order chi connectivity index (χ0) is 12.1. The smallest absolute Gasteiger partial charge is 0.200 e. The lowest BCUT2D eigenvalue weighted by atomic mass is 10.3. The summed E-state index contributed by atoms with van der Waals surface area (Å²) in [6.07, 6.45) is 2.09. The molecule has 0 saturated heterocycles. The van der Waals surface area contributed by atoms with E-state index in [0.29, 0.717) is 5.95 Å². The Morgan fingerprint density at radius 2 is 2.31 bits per heavy atom. The predicted molar refractivity (Wildman–Crippen MR) is 65.3 cm³/mol. The lowest BCUT2D eigenvalue weighted by molar-refractivity contribution is 0.0607. The fourth-order valence-corrected chi connectivity index (χ4v) is 1.61. The second kappa shape index (κ2) is 5.86. The van der Waals surface area contributed by atoms with Crippen LogP contribution in [0.15, 0.2) is 6.20 Å². The Bertz CT molecular complexity index is 324. The molecular formula is C11H22N4O. The summed E-state index contributed by atoms with van der Waals surface area (Å²) < 4.78 is 7.38. The average Bonchev–Trinajstić information content (AvgIpc) is 2.56. The highest BCUT2D eigenvalue weighted by Crippen LogP contribution is 2.07. The van der Waals surface area contributed by atoms with Gasteiger partial charge >= 0.3 is 0 Å². The maximum Gasteiger partial charge on any atom is 0.200 e. The molecule has 0 bridgehead atoms. The van der Waals surface area contributed by atoms with Gasteiger partial charge < -0.3 is 19.9 Å². The third-order valence-electron chi connectivity index (χ3n) is 2.72. The Morgan fingerprint density at radius 1 is 1.62 bits per heavy atom. The van der Waals surface area contributed by atoms with E-state index in [0.717, 1.165) is 25.3 Å². The Hall–Kier alpha value is -1.07. The van der Waals surface area contributed by atoms with Crippen molar-refractivity contribution < 1.29 is 4.74 Å². The van der Waals surface area contributed by atoms with E-state index in [1.165, 1.54) is 0 Å². The number of hydrogen-bond acceptors (Lipinski definition) is 4. The fraction of sp³-hybridized carbons (Fsp3) is 0.727. The molecular weight excluding hydrogens is 204 g/mol. The van der Waals surface area contributed by atoms with Gasteiger partial charge in [-0.15, -0.1) is 0 Å². The molecule has 1 aromatic rings. The van der Waals surface area contributed by atoms with Gasteiger partial charge in [-0.2, -0.15) is 0 Å². The summed E-state index contributed by atoms with van der Waals surface area (Å²) in [4.78, 5) is 6.39. The Kier molecular flexibility index (Phi) is 4.76. The van der Waals surface area contributed by atoms with E-state index in [1.54, 1.807) is 7.11 Å². The van der Waals surface area contributed by atoms with Gasteiger partial charge in [-0.3, -0.25) is 0 Å². The van der Waals surface area contributed by atoms with Gasteiger partial charge in [-0.1, -0.05) is 6.92 Å². The van der Waals surface area contributed by atoms with Crippen molar-refractivity contribution in [2.24, 2.45) is 0 Å². The van der Waals surface area contributed by atoms with E-state index < -0.39 is 0 Å². The van der Waals surface area contributed by atoms with Gasteiger partial charge in [0.05, 0.1) is 18.3 Å². The molecule has 16 heavy (non-hydrogen) atoms. The van der Waals surface area contributed by atoms with E-state index in [-0.39, 0.29) is 6.10 Å². The lowest BCUT2D eigenvalue weighted by Gasteiger charge is -2.22. The van der Waals surface area contributed by atoms with Crippen molar-refractivity contribution in [2.45, 2.75) is 26.5 Å². The fourth-order valence-electron chi connectivity index (χ4n) is 1.61. The molecule has 1 heterocycles. The van der Waals surface area contributed by atoms with Crippen molar-refractivity contribution in [1.82, 2.24) is 14.5 Å². The summed E-state index contributed by atoms with van der Waals surface area (Å²) in [6.45, 7) is 6.71. The first kappa shape index (κ1) is 13.0. The van der Waals surface area contributed by atoms with Gasteiger partial charge in [-0.05, 0) is 20.5 Å². The minimum atomic E-state index is 0.140. The maximum atomic E-state index is 5.79. The minimum absolute atomic E-state index is 0.140. The quantitative estimate of drug-likeness (QED) is 0.777. The molecule has 0 aliphatic carbocycles. The van der Waals surface area contributed by atoms with E-state index in [1.807, 2.05) is 17.7 Å². The highest BCUT2D eigenvalue weighted by Gasteiger charge is 2.12. The van der Waals surface area contributed by atoms with Crippen LogP contribution in [-0.4, -0.2) is 47.8 Å². The van der Waals surface area contributed by atoms with E-state index >= 15 is 0 Å². The van der Waals surface area contributed by atoms with Crippen LogP contribution >= 0.6 is 0 Å². The van der Waals surface area contributed by atoms with E-state index in [2.05, 4.69) is 23.9 Å². The van der Waals surface area contributed by atoms with Gasteiger partial charge in [0.25, 0.3) is 0 Å². The van der Waals surface area contributed by atoms with Crippen molar-refractivity contribution in [3.63, 3.8) is 0 Å². The number of imidazole rings is 1. The van der Waals surface area contributed by atoms with Crippen molar-refractivity contribution >= 4 is 5.95 Å². The minimum Gasteiger partial charge on any atom is -0.378 e. The van der Waals surface area contributed by atoms with Crippen LogP contribution in [0.2, 0.25) is 0 Å². The molecule has 0 spiro atoms. The van der Waals surface area contributed by atoms with Crippen LogP contribution in [0, 0.1) is 6.92 Å². The number of nitrogen functional groups attached to an aromatic ring is 1. The highest BCUT2D eigenvalue weighted by atomic mass is 16.5. The number of rotatable bonds is 6. The van der Waals surface area contributed by atoms with Crippen molar-refractivity contribution in [3.8, 4) is 0 Å². The summed E-state index contributed by atoms with van der Waals surface area (Å²) in [6, 6.07) is 0. The number of aromatic nitrogens is 2. The first-order valence-corrected chi connectivity index (χ1v) is 5.57. The number of nitrogens with zero attached hydrogens (tertiary/aromatic N) is 3. The largest absolute Gasteiger partial charge is 0.378 e. The molecule has 1 rings (SSSR count). The van der Waals surface area contributed by atoms with E-state index in [9.17, 15) is 0 Å². The molecule has 0 aliphatic heterocycles. The maximum absolute atomic E-state index is 5.79. The topological polar surface area (TPSA) is 56.3 Å². The Labute approximate surface area is 97.2 Å². The summed E-state index contributed by atoms with van der Waals surface area (Å²) in [7, 11) is 3.81. The molecule has 1 aromatic heterocycles. The molecule has 0 amide bonds. The molecule has 92 valence electrons. The molecule has 0 aliphatic rings. The zero-order valence-electron chi connectivity index (χ0n) is 10.6. The van der Waals surface area contributed by atoms with Crippen molar-refractivity contribution in [3.05, 3.63) is 11.9 Å². The number of methoxy groups -OCH3 is 1. The summed E-state index contributed by atoms with van der Waals surface area (Å²) in [5.74, 6) is 0.554. The predicted octanol–water partition coefficient (Wildman–Crippen LogP) is 0.740. The zero-order valence-corrected chi connectivity index (χ0v) is 10.6. The first-order chi connectivity index (χ1) is 7.56. The third kappa shape index (κ3) is 3.50. The number of anilines is 1.